The number of hydrogen-bond donors (Lipinski definition) is 0. The number of carbonyl (C=O) groups excluding carboxylic acids is 1. The molecule has 0 heterocycles. The van der Waals surface area contributed by atoms with E-state index in [0.717, 1.165) is 0 Å². The lowest BCUT2D eigenvalue weighted by atomic mass is 9.80. The molecule has 0 unspecified atom stereocenters. The number of nitriles is 1. The summed E-state index contributed by atoms with van der Waals surface area (Å²) in [6.07, 6.45) is 0.0517. The van der Waals surface area contributed by atoms with Crippen LogP contribution in [0.3, 0.4) is 0 Å². The van der Waals surface area contributed by atoms with Crippen molar-refractivity contribution in [2.75, 3.05) is 20.8 Å². The van der Waals surface area contributed by atoms with Gasteiger partial charge in [0.1, 0.15) is 6.07 Å². The molecule has 92 valence electrons. The summed E-state index contributed by atoms with van der Waals surface area (Å²) >= 11 is 0. The molecule has 0 rings (SSSR count). The first-order valence-corrected chi connectivity index (χ1v) is 5.06. The summed E-state index contributed by atoms with van der Waals surface area (Å²) in [4.78, 5) is 11.4. The van der Waals surface area contributed by atoms with Crippen molar-refractivity contribution in [3.05, 3.63) is 0 Å². The average molecular weight is 229 g/mol. The van der Waals surface area contributed by atoms with E-state index in [9.17, 15) is 4.79 Å². The second kappa shape index (κ2) is 5.83. The number of ether oxygens (including phenoxy) is 3. The molecule has 0 N–H and O–H groups in total. The lowest BCUT2D eigenvalue weighted by Crippen LogP contribution is -2.48. The van der Waals surface area contributed by atoms with E-state index >= 15 is 0 Å². The van der Waals surface area contributed by atoms with Gasteiger partial charge in [0.2, 0.25) is 0 Å². The molecule has 0 aliphatic heterocycles. The monoisotopic (exact) mass is 229 g/mol. The van der Waals surface area contributed by atoms with Crippen LogP contribution >= 0.6 is 0 Å². The van der Waals surface area contributed by atoms with E-state index in [0.29, 0.717) is 6.61 Å². The maximum Gasteiger partial charge on any atom is 0.306 e. The van der Waals surface area contributed by atoms with Crippen molar-refractivity contribution in [3.63, 3.8) is 0 Å². The minimum Gasteiger partial charge on any atom is -0.466 e. The van der Waals surface area contributed by atoms with E-state index in [1.165, 1.54) is 14.2 Å². The number of nitrogens with zero attached hydrogens (tertiary/aromatic N) is 1. The largest absolute Gasteiger partial charge is 0.466 e. The number of rotatable bonds is 6. The van der Waals surface area contributed by atoms with Gasteiger partial charge in [0.15, 0.2) is 0 Å². The SMILES string of the molecule is CCOC(=O)CC(C)(C)C(C#N)(OC)OC. The van der Waals surface area contributed by atoms with Crippen LogP contribution in [0, 0.1) is 16.7 Å². The molecule has 0 radical (unpaired) electrons. The van der Waals surface area contributed by atoms with E-state index in [4.69, 9.17) is 19.5 Å². The number of hydrogen-bond acceptors (Lipinski definition) is 5. The molecule has 5 heteroatoms. The van der Waals surface area contributed by atoms with Gasteiger partial charge in [0.25, 0.3) is 5.79 Å². The van der Waals surface area contributed by atoms with Crippen molar-refractivity contribution in [1.82, 2.24) is 0 Å². The Balaban J connectivity index is 4.88. The maximum absolute atomic E-state index is 11.4. The average Bonchev–Trinajstić information content (AvgIpc) is 2.20. The zero-order chi connectivity index (χ0) is 12.8. The maximum atomic E-state index is 11.4. The van der Waals surface area contributed by atoms with Gasteiger partial charge in [-0.3, -0.25) is 4.79 Å². The van der Waals surface area contributed by atoms with E-state index in [-0.39, 0.29) is 12.4 Å². The van der Waals surface area contributed by atoms with Gasteiger partial charge in [-0.25, -0.2) is 0 Å². The van der Waals surface area contributed by atoms with Gasteiger partial charge in [0.05, 0.1) is 13.0 Å². The van der Waals surface area contributed by atoms with Crippen molar-refractivity contribution in [1.29, 1.82) is 5.26 Å². The Kier molecular flexibility index (Phi) is 5.42. The van der Waals surface area contributed by atoms with E-state index in [2.05, 4.69) is 0 Å². The van der Waals surface area contributed by atoms with Crippen LogP contribution in [0.25, 0.3) is 0 Å². The standard InChI is InChI=1S/C11H19NO4/c1-6-16-9(13)7-10(2,3)11(8-12,14-4)15-5/h6-7H2,1-5H3. The highest BCUT2D eigenvalue weighted by Crippen LogP contribution is 2.37. The number of methoxy groups -OCH3 is 2. The summed E-state index contributed by atoms with van der Waals surface area (Å²) in [5, 5.41) is 9.10. The zero-order valence-corrected chi connectivity index (χ0v) is 10.5. The summed E-state index contributed by atoms with van der Waals surface area (Å²) in [6.45, 7) is 5.49. The first-order chi connectivity index (χ1) is 7.39. The van der Waals surface area contributed by atoms with Crippen LogP contribution in [0.1, 0.15) is 27.2 Å². The molecule has 0 amide bonds. The van der Waals surface area contributed by atoms with Crippen LogP contribution in [-0.4, -0.2) is 32.6 Å². The molecule has 0 aliphatic rings. The zero-order valence-electron chi connectivity index (χ0n) is 10.5. The summed E-state index contributed by atoms with van der Waals surface area (Å²) in [6, 6.07) is 1.95. The Hall–Kier alpha value is -1.12. The molecule has 0 saturated heterocycles. The molecule has 5 nitrogen and oxygen atoms in total. The summed E-state index contributed by atoms with van der Waals surface area (Å²) in [7, 11) is 2.75. The Morgan fingerprint density at radius 3 is 2.12 bits per heavy atom. The van der Waals surface area contributed by atoms with Crippen LogP contribution in [0.5, 0.6) is 0 Å². The van der Waals surface area contributed by atoms with Gasteiger partial charge < -0.3 is 14.2 Å². The molecule has 0 saturated carbocycles. The molecule has 0 aliphatic carbocycles. The fourth-order valence-corrected chi connectivity index (χ4v) is 1.57. The predicted octanol–water partition coefficient (Wildman–Crippen LogP) is 1.48. The third-order valence-corrected chi connectivity index (χ3v) is 2.50. The molecule has 0 atom stereocenters. The smallest absolute Gasteiger partial charge is 0.306 e. The molecule has 0 aromatic rings. The van der Waals surface area contributed by atoms with Crippen molar-refractivity contribution in [2.45, 2.75) is 33.0 Å². The van der Waals surface area contributed by atoms with E-state index < -0.39 is 11.2 Å². The fraction of sp³-hybridized carbons (Fsp3) is 0.818. The first-order valence-electron chi connectivity index (χ1n) is 5.06. The predicted molar refractivity (Wildman–Crippen MR) is 57.4 cm³/mol. The van der Waals surface area contributed by atoms with Gasteiger partial charge in [0, 0.05) is 19.6 Å². The minimum absolute atomic E-state index is 0.0517. The van der Waals surface area contributed by atoms with E-state index in [1.54, 1.807) is 20.8 Å². The number of esters is 1. The normalized spacial score (nSPS) is 12.0. The molecular formula is C11H19NO4. The molecule has 0 bridgehead atoms. The van der Waals surface area contributed by atoms with Crippen molar-refractivity contribution in [3.8, 4) is 6.07 Å². The Bertz CT molecular complexity index is 276. The summed E-state index contributed by atoms with van der Waals surface area (Å²) < 4.78 is 15.0. The Labute approximate surface area is 96.3 Å². The van der Waals surface area contributed by atoms with Crippen molar-refractivity contribution in [2.24, 2.45) is 5.41 Å². The second-order valence-corrected chi connectivity index (χ2v) is 4.00. The van der Waals surface area contributed by atoms with Gasteiger partial charge >= 0.3 is 5.97 Å². The van der Waals surface area contributed by atoms with Gasteiger partial charge in [-0.15, -0.1) is 0 Å². The highest BCUT2D eigenvalue weighted by Gasteiger charge is 2.48. The Morgan fingerprint density at radius 2 is 1.81 bits per heavy atom. The fourth-order valence-electron chi connectivity index (χ4n) is 1.57. The van der Waals surface area contributed by atoms with Crippen LogP contribution in [0.2, 0.25) is 0 Å². The van der Waals surface area contributed by atoms with Crippen LogP contribution < -0.4 is 0 Å². The summed E-state index contributed by atoms with van der Waals surface area (Å²) in [5.74, 6) is -1.82. The van der Waals surface area contributed by atoms with E-state index in [1.807, 2.05) is 6.07 Å². The lowest BCUT2D eigenvalue weighted by Gasteiger charge is -2.37. The van der Waals surface area contributed by atoms with Gasteiger partial charge in [-0.05, 0) is 6.92 Å². The first kappa shape index (κ1) is 14.9. The van der Waals surface area contributed by atoms with Gasteiger partial charge in [-0.1, -0.05) is 13.8 Å². The van der Waals surface area contributed by atoms with Crippen molar-refractivity contribution >= 4 is 5.97 Å². The molecule has 16 heavy (non-hydrogen) atoms. The highest BCUT2D eigenvalue weighted by molar-refractivity contribution is 5.70. The quantitative estimate of drug-likeness (QED) is 0.509. The van der Waals surface area contributed by atoms with Crippen LogP contribution in [-0.2, 0) is 19.0 Å². The molecule has 0 aromatic heterocycles. The molecule has 0 spiro atoms. The van der Waals surface area contributed by atoms with Gasteiger partial charge in [-0.2, -0.15) is 5.26 Å². The topological polar surface area (TPSA) is 68.6 Å². The minimum atomic E-state index is -1.44. The van der Waals surface area contributed by atoms with Crippen LogP contribution in [0.4, 0.5) is 0 Å². The molecule has 0 fully saturated rings. The Morgan fingerprint density at radius 1 is 1.31 bits per heavy atom. The summed E-state index contributed by atoms with van der Waals surface area (Å²) in [5.41, 5.74) is -0.794. The third kappa shape index (κ3) is 2.94. The van der Waals surface area contributed by atoms with Crippen molar-refractivity contribution < 1.29 is 19.0 Å². The van der Waals surface area contributed by atoms with Crippen LogP contribution in [0.15, 0.2) is 0 Å². The number of carbonyl (C=O) groups is 1. The lowest BCUT2D eigenvalue weighted by molar-refractivity contribution is -0.231. The highest BCUT2D eigenvalue weighted by atomic mass is 16.7. The molecule has 0 aromatic carbocycles. The third-order valence-electron chi connectivity index (χ3n) is 2.50. The molecular weight excluding hydrogens is 210 g/mol. The second-order valence-electron chi connectivity index (χ2n) is 4.00.